The molecule has 3 rings (SSSR count). The number of nitrogens with one attached hydrogen (secondary N) is 2. The van der Waals surface area contributed by atoms with Crippen molar-refractivity contribution in [2.45, 2.75) is 12.8 Å². The van der Waals surface area contributed by atoms with Crippen molar-refractivity contribution in [2.75, 3.05) is 32.1 Å². The summed E-state index contributed by atoms with van der Waals surface area (Å²) < 4.78 is 7.09. The predicted molar refractivity (Wildman–Crippen MR) is 88.6 cm³/mol. The van der Waals surface area contributed by atoms with E-state index in [1.54, 1.807) is 18.0 Å². The molecule has 2 heterocycles. The zero-order valence-corrected chi connectivity index (χ0v) is 13.3. The quantitative estimate of drug-likeness (QED) is 0.883. The van der Waals surface area contributed by atoms with Crippen molar-refractivity contribution >= 4 is 11.6 Å². The van der Waals surface area contributed by atoms with Gasteiger partial charge in [-0.25, -0.2) is 4.68 Å². The first kappa shape index (κ1) is 15.7. The minimum Gasteiger partial charge on any atom is -0.384 e. The summed E-state index contributed by atoms with van der Waals surface area (Å²) in [5.74, 6) is 0.0264. The van der Waals surface area contributed by atoms with Crippen molar-refractivity contribution in [3.8, 4) is 5.69 Å². The van der Waals surface area contributed by atoms with Crippen LogP contribution in [0.25, 0.3) is 5.69 Å². The summed E-state index contributed by atoms with van der Waals surface area (Å²) in [6, 6.07) is 9.56. The Labute approximate surface area is 135 Å². The number of hydrogen-bond donors (Lipinski definition) is 2. The number of aromatic nitrogens is 2. The predicted octanol–water partition coefficient (Wildman–Crippen LogP) is 1.83. The fourth-order valence-corrected chi connectivity index (χ4v) is 3.03. The monoisotopic (exact) mass is 314 g/mol. The molecule has 0 aliphatic carbocycles. The van der Waals surface area contributed by atoms with Gasteiger partial charge >= 0.3 is 0 Å². The number of carbonyl (C=O) groups is 1. The van der Waals surface area contributed by atoms with Gasteiger partial charge in [-0.2, -0.15) is 5.10 Å². The number of carbonyl (C=O) groups excluding carboxylic acids is 1. The number of rotatable bonds is 5. The van der Waals surface area contributed by atoms with Crippen LogP contribution in [0.1, 0.15) is 12.8 Å². The van der Waals surface area contributed by atoms with E-state index in [1.165, 1.54) is 0 Å². The van der Waals surface area contributed by atoms with E-state index in [0.717, 1.165) is 37.3 Å². The van der Waals surface area contributed by atoms with E-state index in [-0.39, 0.29) is 5.91 Å². The van der Waals surface area contributed by atoms with Crippen LogP contribution in [0, 0.1) is 5.41 Å². The Kier molecular flexibility index (Phi) is 4.73. The van der Waals surface area contributed by atoms with Gasteiger partial charge in [-0.3, -0.25) is 4.79 Å². The molecule has 1 aromatic heterocycles. The highest BCUT2D eigenvalue weighted by atomic mass is 16.5. The molecular formula is C17H22N4O2. The van der Waals surface area contributed by atoms with Gasteiger partial charge in [0.05, 0.1) is 17.7 Å². The summed E-state index contributed by atoms with van der Waals surface area (Å²) in [6.07, 6.45) is 5.17. The van der Waals surface area contributed by atoms with E-state index in [0.29, 0.717) is 6.61 Å². The van der Waals surface area contributed by atoms with Crippen molar-refractivity contribution in [1.82, 2.24) is 15.1 Å². The first-order chi connectivity index (χ1) is 11.2. The lowest BCUT2D eigenvalue weighted by Gasteiger charge is -2.35. The van der Waals surface area contributed by atoms with Crippen molar-refractivity contribution in [2.24, 2.45) is 5.41 Å². The number of anilines is 1. The molecule has 6 nitrogen and oxygen atoms in total. The number of hydrogen-bond acceptors (Lipinski definition) is 4. The minimum absolute atomic E-state index is 0.0264. The molecular weight excluding hydrogens is 292 g/mol. The number of benzene rings is 1. The summed E-state index contributed by atoms with van der Waals surface area (Å²) in [4.78, 5) is 12.8. The maximum atomic E-state index is 12.8. The number of amides is 1. The Hall–Kier alpha value is -2.18. The molecule has 0 unspecified atom stereocenters. The number of piperidine rings is 1. The van der Waals surface area contributed by atoms with Gasteiger partial charge in [0.25, 0.3) is 0 Å². The van der Waals surface area contributed by atoms with Gasteiger partial charge in [0.1, 0.15) is 0 Å². The van der Waals surface area contributed by atoms with Crippen molar-refractivity contribution in [3.63, 3.8) is 0 Å². The molecule has 0 bridgehead atoms. The maximum absolute atomic E-state index is 12.8. The smallest absolute Gasteiger partial charge is 0.233 e. The van der Waals surface area contributed by atoms with E-state index < -0.39 is 5.41 Å². The van der Waals surface area contributed by atoms with E-state index in [9.17, 15) is 4.79 Å². The summed E-state index contributed by atoms with van der Waals surface area (Å²) in [5.41, 5.74) is 1.23. The van der Waals surface area contributed by atoms with Crippen molar-refractivity contribution < 1.29 is 9.53 Å². The fourth-order valence-electron chi connectivity index (χ4n) is 3.03. The first-order valence-corrected chi connectivity index (χ1v) is 7.85. The van der Waals surface area contributed by atoms with E-state index in [4.69, 9.17) is 4.74 Å². The highest BCUT2D eigenvalue weighted by Crippen LogP contribution is 2.31. The zero-order chi connectivity index (χ0) is 16.1. The standard InChI is InChI=1S/C17H22N4O2/c1-23-13-17(6-9-18-10-7-17)16(22)20-14-4-2-5-15(12-14)21-11-3-8-19-21/h2-5,8,11-12,18H,6-7,9-10,13H2,1H3,(H,20,22). The van der Waals surface area contributed by atoms with Gasteiger partial charge in [0.2, 0.25) is 5.91 Å². The van der Waals surface area contributed by atoms with Crippen LogP contribution in [0.15, 0.2) is 42.7 Å². The Morgan fingerprint density at radius 2 is 2.22 bits per heavy atom. The van der Waals surface area contributed by atoms with Crippen LogP contribution < -0.4 is 10.6 Å². The Balaban J connectivity index is 1.77. The zero-order valence-electron chi connectivity index (χ0n) is 13.3. The largest absolute Gasteiger partial charge is 0.384 e. The average molecular weight is 314 g/mol. The molecule has 0 spiro atoms. The Morgan fingerprint density at radius 3 is 2.91 bits per heavy atom. The van der Waals surface area contributed by atoms with Crippen LogP contribution in [0.3, 0.4) is 0 Å². The molecule has 1 amide bonds. The van der Waals surface area contributed by atoms with Crippen LogP contribution in [0.2, 0.25) is 0 Å². The SMILES string of the molecule is COCC1(C(=O)Nc2cccc(-n3cccn3)c2)CCNCC1. The van der Waals surface area contributed by atoms with Crippen LogP contribution in [-0.2, 0) is 9.53 Å². The molecule has 2 N–H and O–H groups in total. The van der Waals surface area contributed by atoms with Gasteiger partial charge in [-0.1, -0.05) is 6.07 Å². The van der Waals surface area contributed by atoms with Crippen LogP contribution in [0.5, 0.6) is 0 Å². The van der Waals surface area contributed by atoms with Gasteiger partial charge in [-0.05, 0) is 50.2 Å². The van der Waals surface area contributed by atoms with Gasteiger partial charge in [0, 0.05) is 25.2 Å². The summed E-state index contributed by atoms with van der Waals surface area (Å²) >= 11 is 0. The first-order valence-electron chi connectivity index (χ1n) is 7.85. The van der Waals surface area contributed by atoms with E-state index in [2.05, 4.69) is 15.7 Å². The van der Waals surface area contributed by atoms with Gasteiger partial charge in [-0.15, -0.1) is 0 Å². The lowest BCUT2D eigenvalue weighted by Crippen LogP contribution is -2.47. The fraction of sp³-hybridized carbons (Fsp3) is 0.412. The van der Waals surface area contributed by atoms with Gasteiger partial charge < -0.3 is 15.4 Å². The molecule has 1 saturated heterocycles. The lowest BCUT2D eigenvalue weighted by molar-refractivity contribution is -0.130. The average Bonchev–Trinajstić information content (AvgIpc) is 3.11. The maximum Gasteiger partial charge on any atom is 0.233 e. The molecule has 0 radical (unpaired) electrons. The third kappa shape index (κ3) is 3.43. The molecule has 6 heteroatoms. The molecule has 1 aliphatic heterocycles. The molecule has 1 fully saturated rings. The molecule has 1 aromatic carbocycles. The third-order valence-corrected chi connectivity index (χ3v) is 4.34. The van der Waals surface area contributed by atoms with E-state index >= 15 is 0 Å². The summed E-state index contributed by atoms with van der Waals surface area (Å²) in [6.45, 7) is 2.12. The van der Waals surface area contributed by atoms with Crippen LogP contribution >= 0.6 is 0 Å². The van der Waals surface area contributed by atoms with Crippen LogP contribution in [-0.4, -0.2) is 42.5 Å². The highest BCUT2D eigenvalue weighted by molar-refractivity contribution is 5.95. The number of methoxy groups -OCH3 is 1. The topological polar surface area (TPSA) is 68.2 Å². The second-order valence-corrected chi connectivity index (χ2v) is 5.92. The van der Waals surface area contributed by atoms with Crippen molar-refractivity contribution in [3.05, 3.63) is 42.7 Å². The Morgan fingerprint density at radius 1 is 1.39 bits per heavy atom. The second-order valence-electron chi connectivity index (χ2n) is 5.92. The summed E-state index contributed by atoms with van der Waals surface area (Å²) in [7, 11) is 1.65. The molecule has 1 aliphatic rings. The third-order valence-electron chi connectivity index (χ3n) is 4.34. The highest BCUT2D eigenvalue weighted by Gasteiger charge is 2.39. The van der Waals surface area contributed by atoms with Crippen molar-refractivity contribution in [1.29, 1.82) is 0 Å². The molecule has 23 heavy (non-hydrogen) atoms. The molecule has 2 aromatic rings. The van der Waals surface area contributed by atoms with E-state index in [1.807, 2.05) is 36.5 Å². The lowest BCUT2D eigenvalue weighted by atomic mass is 9.78. The number of nitrogens with zero attached hydrogens (tertiary/aromatic N) is 2. The van der Waals surface area contributed by atoms with Gasteiger partial charge in [0.15, 0.2) is 0 Å². The number of ether oxygens (including phenoxy) is 1. The summed E-state index contributed by atoms with van der Waals surface area (Å²) in [5, 5.41) is 10.6. The van der Waals surface area contributed by atoms with Crippen LogP contribution in [0.4, 0.5) is 5.69 Å². The molecule has 0 atom stereocenters. The second kappa shape index (κ2) is 6.93. The molecule has 122 valence electrons. The molecule has 0 saturated carbocycles. The Bertz CT molecular complexity index is 643. The normalized spacial score (nSPS) is 16.9. The minimum atomic E-state index is -0.457.